The van der Waals surface area contributed by atoms with Crippen molar-refractivity contribution in [1.82, 2.24) is 4.57 Å². The molecule has 28 heavy (non-hydrogen) atoms. The van der Waals surface area contributed by atoms with Crippen LogP contribution in [-0.2, 0) is 16.6 Å². The number of hydrogen-bond acceptors (Lipinski definition) is 3. The molecule has 0 aliphatic heterocycles. The molecule has 0 aliphatic carbocycles. The van der Waals surface area contributed by atoms with E-state index in [0.717, 1.165) is 27.7 Å². The fourth-order valence-electron chi connectivity index (χ4n) is 3.35. The van der Waals surface area contributed by atoms with Crippen molar-refractivity contribution in [2.75, 3.05) is 5.32 Å². The van der Waals surface area contributed by atoms with Crippen LogP contribution in [0.1, 0.15) is 48.2 Å². The van der Waals surface area contributed by atoms with Crippen LogP contribution in [0.3, 0.4) is 0 Å². The van der Waals surface area contributed by atoms with Gasteiger partial charge in [-0.25, -0.2) is 4.79 Å². The molecule has 1 heterocycles. The predicted octanol–water partition coefficient (Wildman–Crippen LogP) is 4.79. The SMILES string of the molecule is Cc1cccc(C(C)C)c1NC(=O)[C@@H](C)OC(=O)c1cn(C)c2ccccc12. The summed E-state index contributed by atoms with van der Waals surface area (Å²) in [6, 6.07) is 13.5. The number of amides is 1. The topological polar surface area (TPSA) is 60.3 Å². The maximum Gasteiger partial charge on any atom is 0.341 e. The van der Waals surface area contributed by atoms with Crippen LogP contribution in [0.25, 0.3) is 10.9 Å². The van der Waals surface area contributed by atoms with Crippen molar-refractivity contribution in [2.24, 2.45) is 7.05 Å². The number of nitrogens with zero attached hydrogens (tertiary/aromatic N) is 1. The van der Waals surface area contributed by atoms with Crippen molar-refractivity contribution in [3.8, 4) is 0 Å². The van der Waals surface area contributed by atoms with Gasteiger partial charge in [0.1, 0.15) is 0 Å². The normalized spacial score (nSPS) is 12.2. The van der Waals surface area contributed by atoms with E-state index in [1.165, 1.54) is 0 Å². The van der Waals surface area contributed by atoms with Crippen LogP contribution in [0, 0.1) is 6.92 Å². The molecule has 3 aromatic rings. The lowest BCUT2D eigenvalue weighted by Gasteiger charge is -2.19. The van der Waals surface area contributed by atoms with Gasteiger partial charge in [-0.05, 0) is 37.0 Å². The van der Waals surface area contributed by atoms with Crippen LogP contribution >= 0.6 is 0 Å². The van der Waals surface area contributed by atoms with Crippen LogP contribution in [-0.4, -0.2) is 22.5 Å². The number of fused-ring (bicyclic) bond motifs is 1. The quantitative estimate of drug-likeness (QED) is 0.649. The second-order valence-corrected chi connectivity index (χ2v) is 7.40. The molecule has 2 aromatic carbocycles. The summed E-state index contributed by atoms with van der Waals surface area (Å²) in [5, 5.41) is 3.75. The van der Waals surface area contributed by atoms with Crippen LogP contribution < -0.4 is 5.32 Å². The molecule has 0 saturated carbocycles. The molecule has 0 spiro atoms. The molecule has 1 amide bonds. The van der Waals surface area contributed by atoms with Crippen LogP contribution in [0.15, 0.2) is 48.7 Å². The summed E-state index contributed by atoms with van der Waals surface area (Å²) in [4.78, 5) is 25.3. The van der Waals surface area contributed by atoms with Gasteiger partial charge in [-0.2, -0.15) is 0 Å². The Morgan fingerprint density at radius 3 is 2.46 bits per heavy atom. The van der Waals surface area contributed by atoms with Crippen molar-refractivity contribution in [3.05, 3.63) is 65.4 Å². The second kappa shape index (κ2) is 7.89. The second-order valence-electron chi connectivity index (χ2n) is 7.40. The van der Waals surface area contributed by atoms with E-state index < -0.39 is 12.1 Å². The number of hydrogen-bond donors (Lipinski definition) is 1. The number of esters is 1. The smallest absolute Gasteiger partial charge is 0.341 e. The molecule has 5 nitrogen and oxygen atoms in total. The van der Waals surface area contributed by atoms with Gasteiger partial charge in [-0.15, -0.1) is 0 Å². The number of carbonyl (C=O) groups excluding carboxylic acids is 2. The molecule has 1 N–H and O–H groups in total. The van der Waals surface area contributed by atoms with Gasteiger partial charge in [-0.1, -0.05) is 50.2 Å². The summed E-state index contributed by atoms with van der Waals surface area (Å²) in [5.41, 5.74) is 4.22. The number of aryl methyl sites for hydroxylation is 2. The summed E-state index contributed by atoms with van der Waals surface area (Å²) in [5.74, 6) is -0.582. The number of aromatic nitrogens is 1. The largest absolute Gasteiger partial charge is 0.449 e. The number of para-hydroxylation sites is 2. The lowest BCUT2D eigenvalue weighted by Crippen LogP contribution is -2.30. The zero-order valence-corrected chi connectivity index (χ0v) is 16.9. The van der Waals surface area contributed by atoms with Gasteiger partial charge in [0.2, 0.25) is 0 Å². The lowest BCUT2D eigenvalue weighted by atomic mass is 9.98. The summed E-state index contributed by atoms with van der Waals surface area (Å²) in [6.07, 6.45) is 0.821. The maximum absolute atomic E-state index is 12.7. The molecule has 0 unspecified atom stereocenters. The van der Waals surface area contributed by atoms with E-state index in [1.54, 1.807) is 13.1 Å². The van der Waals surface area contributed by atoms with Gasteiger partial charge in [-0.3, -0.25) is 4.79 Å². The summed E-state index contributed by atoms with van der Waals surface area (Å²) in [6.45, 7) is 7.70. The molecule has 1 aromatic heterocycles. The molecule has 0 fully saturated rings. The van der Waals surface area contributed by atoms with E-state index in [2.05, 4.69) is 19.2 Å². The molecule has 146 valence electrons. The molecular formula is C23H26N2O3. The first kappa shape index (κ1) is 19.7. The van der Waals surface area contributed by atoms with E-state index in [4.69, 9.17) is 4.74 Å². The highest BCUT2D eigenvalue weighted by Gasteiger charge is 2.23. The Bertz CT molecular complexity index is 1030. The molecule has 0 aliphatic rings. The van der Waals surface area contributed by atoms with Crippen LogP contribution in [0.5, 0.6) is 0 Å². The third-order valence-electron chi connectivity index (χ3n) is 4.95. The van der Waals surface area contributed by atoms with Gasteiger partial charge in [0.25, 0.3) is 5.91 Å². The lowest BCUT2D eigenvalue weighted by molar-refractivity contribution is -0.123. The van der Waals surface area contributed by atoms with Crippen molar-refractivity contribution in [1.29, 1.82) is 0 Å². The first-order chi connectivity index (χ1) is 13.3. The van der Waals surface area contributed by atoms with Crippen molar-refractivity contribution >= 4 is 28.5 Å². The van der Waals surface area contributed by atoms with E-state index in [0.29, 0.717) is 5.56 Å². The van der Waals surface area contributed by atoms with Gasteiger partial charge in [0.05, 0.1) is 5.56 Å². The number of carbonyl (C=O) groups is 2. The van der Waals surface area contributed by atoms with E-state index in [-0.39, 0.29) is 11.8 Å². The van der Waals surface area contributed by atoms with E-state index in [9.17, 15) is 9.59 Å². The number of rotatable bonds is 5. The van der Waals surface area contributed by atoms with E-state index in [1.807, 2.05) is 61.0 Å². The zero-order valence-electron chi connectivity index (χ0n) is 16.9. The van der Waals surface area contributed by atoms with Gasteiger partial charge < -0.3 is 14.6 Å². The first-order valence-electron chi connectivity index (χ1n) is 9.45. The van der Waals surface area contributed by atoms with Gasteiger partial charge in [0.15, 0.2) is 6.10 Å². The highest BCUT2D eigenvalue weighted by molar-refractivity contribution is 6.05. The Morgan fingerprint density at radius 1 is 1.04 bits per heavy atom. The minimum atomic E-state index is -0.911. The molecular weight excluding hydrogens is 352 g/mol. The first-order valence-corrected chi connectivity index (χ1v) is 9.45. The Kier molecular flexibility index (Phi) is 5.54. The predicted molar refractivity (Wildman–Crippen MR) is 112 cm³/mol. The van der Waals surface area contributed by atoms with Crippen molar-refractivity contribution in [2.45, 2.75) is 39.7 Å². The average molecular weight is 378 g/mol. The summed E-state index contributed by atoms with van der Waals surface area (Å²) < 4.78 is 7.34. The fraction of sp³-hybridized carbons (Fsp3) is 0.304. The monoisotopic (exact) mass is 378 g/mol. The molecule has 0 saturated heterocycles. The number of ether oxygens (including phenoxy) is 1. The average Bonchev–Trinajstić information content (AvgIpc) is 3.00. The third-order valence-corrected chi connectivity index (χ3v) is 4.95. The molecule has 3 rings (SSSR count). The van der Waals surface area contributed by atoms with Crippen molar-refractivity contribution < 1.29 is 14.3 Å². The Hall–Kier alpha value is -3.08. The number of benzene rings is 2. The van der Waals surface area contributed by atoms with Crippen LogP contribution in [0.2, 0.25) is 0 Å². The van der Waals surface area contributed by atoms with E-state index >= 15 is 0 Å². The minimum Gasteiger partial charge on any atom is -0.449 e. The van der Waals surface area contributed by atoms with Gasteiger partial charge >= 0.3 is 5.97 Å². The number of anilines is 1. The Labute approximate surface area is 165 Å². The van der Waals surface area contributed by atoms with Gasteiger partial charge in [0, 0.05) is 29.8 Å². The highest BCUT2D eigenvalue weighted by atomic mass is 16.5. The Balaban J connectivity index is 1.77. The van der Waals surface area contributed by atoms with Crippen LogP contribution in [0.4, 0.5) is 5.69 Å². The molecule has 1 atom stereocenters. The molecule has 0 bridgehead atoms. The van der Waals surface area contributed by atoms with Crippen molar-refractivity contribution in [3.63, 3.8) is 0 Å². The third kappa shape index (κ3) is 3.79. The molecule has 0 radical (unpaired) electrons. The standard InChI is InChI=1S/C23H26N2O3/c1-14(2)17-11-8-9-15(3)21(17)24-22(26)16(4)28-23(27)19-13-25(5)20-12-7-6-10-18(19)20/h6-14,16H,1-5H3,(H,24,26)/t16-/m1/s1. The summed E-state index contributed by atoms with van der Waals surface area (Å²) in [7, 11) is 1.88. The molecule has 5 heteroatoms. The number of nitrogens with one attached hydrogen (secondary N) is 1. The summed E-state index contributed by atoms with van der Waals surface area (Å²) >= 11 is 0. The zero-order chi connectivity index (χ0) is 20.4. The highest BCUT2D eigenvalue weighted by Crippen LogP contribution is 2.28. The maximum atomic E-state index is 12.7. The minimum absolute atomic E-state index is 0.267. The Morgan fingerprint density at radius 2 is 1.75 bits per heavy atom. The fourth-order valence-corrected chi connectivity index (χ4v) is 3.35.